The van der Waals surface area contributed by atoms with Crippen molar-refractivity contribution in [1.82, 2.24) is 16.0 Å². The fraction of sp³-hybridized carbons (Fsp3) is 0.913. The fourth-order valence-electron chi connectivity index (χ4n) is 4.16. The molecule has 0 aromatic carbocycles. The zero-order valence-electron chi connectivity index (χ0n) is 23.8. The van der Waals surface area contributed by atoms with Crippen LogP contribution in [0.15, 0.2) is 0 Å². The third-order valence-corrected chi connectivity index (χ3v) is 8.78. The number of amides is 3. The monoisotopic (exact) mass is 665 g/mol. The summed E-state index contributed by atoms with van der Waals surface area (Å²) in [6, 6.07) is 0.355. The maximum Gasteiger partial charge on any atom is 0.470 e. The summed E-state index contributed by atoms with van der Waals surface area (Å²) in [4.78, 5) is 50.4. The van der Waals surface area contributed by atoms with Gasteiger partial charge in [0, 0.05) is 37.2 Å². The predicted octanol–water partition coefficient (Wildman–Crippen LogP) is 0.595. The van der Waals surface area contributed by atoms with Crippen molar-refractivity contribution in [3.05, 3.63) is 0 Å². The van der Waals surface area contributed by atoms with Crippen molar-refractivity contribution in [3.8, 4) is 0 Å². The number of fused-ring (bicyclic) bond motifs is 1. The van der Waals surface area contributed by atoms with Crippen molar-refractivity contribution in [1.29, 1.82) is 0 Å². The second-order valence-corrected chi connectivity index (χ2v) is 14.1. The standard InChI is InChI=1S/C23H45N3O13P2S/c1-40(29,30)38-16-18(39-41(31,32)33)15-37-14-13-36-12-11-35-10-9-34-8-4-7-24-21(27)6-3-2-5-20-22-19(17-42-20)25-23(28)26-22/h18-20,22H,2-17H2,1H3,(H,24,27)(H,29,30)(H2,25,26,28)(H2,31,32,33). The maximum absolute atomic E-state index is 12.0. The average molecular weight is 666 g/mol. The molecule has 6 N–H and O–H groups in total. The fourth-order valence-corrected chi connectivity index (χ4v) is 6.66. The molecule has 2 aliphatic rings. The lowest BCUT2D eigenvalue weighted by molar-refractivity contribution is -0.121. The minimum atomic E-state index is -4.82. The van der Waals surface area contributed by atoms with Crippen LogP contribution >= 0.6 is 27.2 Å². The Bertz CT molecular complexity index is 894. The lowest BCUT2D eigenvalue weighted by Crippen LogP contribution is -2.36. The van der Waals surface area contributed by atoms with Crippen molar-refractivity contribution >= 4 is 39.1 Å². The molecule has 0 bridgehead atoms. The van der Waals surface area contributed by atoms with Crippen LogP contribution in [0.3, 0.4) is 0 Å². The molecular weight excluding hydrogens is 620 g/mol. The number of thioether (sulfide) groups is 1. The van der Waals surface area contributed by atoms with E-state index in [4.69, 9.17) is 33.6 Å². The van der Waals surface area contributed by atoms with Crippen LogP contribution in [0.4, 0.5) is 4.79 Å². The molecule has 2 heterocycles. The van der Waals surface area contributed by atoms with E-state index < -0.39 is 28.1 Å². The normalized spacial score (nSPS) is 22.3. The molecular formula is C23H45N3O13P2S. The van der Waals surface area contributed by atoms with Crippen LogP contribution in [0.2, 0.25) is 0 Å². The number of phosphoric acid groups is 1. The van der Waals surface area contributed by atoms with E-state index >= 15 is 0 Å². The minimum absolute atomic E-state index is 0.0366. The van der Waals surface area contributed by atoms with Crippen LogP contribution < -0.4 is 16.0 Å². The van der Waals surface area contributed by atoms with E-state index in [2.05, 4.69) is 25.0 Å². The number of ether oxygens (including phenoxy) is 4. The van der Waals surface area contributed by atoms with E-state index in [-0.39, 0.29) is 43.8 Å². The highest BCUT2D eigenvalue weighted by Gasteiger charge is 2.42. The number of hydrogen-bond acceptors (Lipinski definition) is 11. The molecule has 19 heteroatoms. The van der Waals surface area contributed by atoms with E-state index in [9.17, 15) is 18.7 Å². The molecule has 0 saturated carbocycles. The molecule has 5 unspecified atom stereocenters. The van der Waals surface area contributed by atoms with Crippen molar-refractivity contribution in [2.45, 2.75) is 55.5 Å². The zero-order valence-corrected chi connectivity index (χ0v) is 26.5. The number of nitrogens with one attached hydrogen (secondary N) is 3. The van der Waals surface area contributed by atoms with Crippen molar-refractivity contribution in [2.75, 3.05) is 78.4 Å². The third kappa shape index (κ3) is 18.1. The first kappa shape index (κ1) is 37.4. The third-order valence-electron chi connectivity index (χ3n) is 6.07. The topological polar surface area (TPSA) is 220 Å². The van der Waals surface area contributed by atoms with Gasteiger partial charge in [-0.3, -0.25) is 13.9 Å². The Morgan fingerprint density at radius 2 is 1.60 bits per heavy atom. The van der Waals surface area contributed by atoms with E-state index in [0.717, 1.165) is 31.7 Å². The summed E-state index contributed by atoms with van der Waals surface area (Å²) in [7, 11) is -8.66. The van der Waals surface area contributed by atoms with Gasteiger partial charge in [0.15, 0.2) is 0 Å². The Kier molecular flexibility index (Phi) is 18.0. The summed E-state index contributed by atoms with van der Waals surface area (Å²) in [6.07, 6.45) is 2.74. The summed E-state index contributed by atoms with van der Waals surface area (Å²) in [5.41, 5.74) is 0. The quantitative estimate of drug-likeness (QED) is 0.0447. The van der Waals surface area contributed by atoms with Gasteiger partial charge in [0.05, 0.1) is 64.9 Å². The number of carbonyl (C=O) groups excluding carboxylic acids is 2. The molecule has 3 amide bonds. The highest BCUT2D eigenvalue weighted by atomic mass is 32.2. The van der Waals surface area contributed by atoms with Crippen molar-refractivity contribution < 1.29 is 61.4 Å². The van der Waals surface area contributed by atoms with E-state index in [1.807, 2.05) is 11.8 Å². The first-order chi connectivity index (χ1) is 19.9. The first-order valence-electron chi connectivity index (χ1n) is 13.9. The van der Waals surface area contributed by atoms with Crippen molar-refractivity contribution in [3.63, 3.8) is 0 Å². The molecule has 2 fully saturated rings. The number of rotatable bonds is 25. The molecule has 0 aromatic heterocycles. The Morgan fingerprint density at radius 1 is 0.952 bits per heavy atom. The highest BCUT2D eigenvalue weighted by molar-refractivity contribution is 8.00. The Balaban J connectivity index is 1.32. The molecule has 16 nitrogen and oxygen atoms in total. The molecule has 2 saturated heterocycles. The molecule has 0 radical (unpaired) electrons. The van der Waals surface area contributed by atoms with Gasteiger partial charge in [0.1, 0.15) is 6.10 Å². The van der Waals surface area contributed by atoms with Gasteiger partial charge in [0.2, 0.25) is 5.91 Å². The summed E-state index contributed by atoms with van der Waals surface area (Å²) in [5.74, 6) is 0.979. The molecule has 0 spiro atoms. The molecule has 5 atom stereocenters. The van der Waals surface area contributed by atoms with Gasteiger partial charge in [-0.15, -0.1) is 0 Å². The average Bonchev–Trinajstić information content (AvgIpc) is 3.45. The molecule has 2 rings (SSSR count). The second kappa shape index (κ2) is 20.3. The Morgan fingerprint density at radius 3 is 2.24 bits per heavy atom. The zero-order chi connectivity index (χ0) is 30.8. The molecule has 0 aliphatic carbocycles. The number of hydrogen-bond donors (Lipinski definition) is 6. The molecule has 0 aromatic rings. The number of carbonyl (C=O) groups is 2. The molecule has 42 heavy (non-hydrogen) atoms. The van der Waals surface area contributed by atoms with Gasteiger partial charge in [-0.2, -0.15) is 11.8 Å². The van der Waals surface area contributed by atoms with Gasteiger partial charge in [-0.25, -0.2) is 9.36 Å². The van der Waals surface area contributed by atoms with Gasteiger partial charge >= 0.3 is 21.4 Å². The maximum atomic E-state index is 12.0. The smallest absolute Gasteiger partial charge is 0.379 e. The SMILES string of the molecule is CP(=O)(O)OCC(COCCOCCOCCOCCCNC(=O)CCCCC1SCC2NC(=O)NC21)OP(=O)(O)O. The van der Waals surface area contributed by atoms with E-state index in [0.29, 0.717) is 57.7 Å². The predicted molar refractivity (Wildman–Crippen MR) is 153 cm³/mol. The lowest BCUT2D eigenvalue weighted by Gasteiger charge is -2.19. The van der Waals surface area contributed by atoms with Crippen molar-refractivity contribution in [2.24, 2.45) is 0 Å². The number of phosphoric ester groups is 1. The van der Waals surface area contributed by atoms with Crippen LogP contribution in [-0.2, 0) is 41.9 Å². The van der Waals surface area contributed by atoms with Crippen LogP contribution in [-0.4, -0.2) is 128 Å². The largest absolute Gasteiger partial charge is 0.470 e. The van der Waals surface area contributed by atoms with Gasteiger partial charge < -0.3 is 54.1 Å². The molecule has 2 aliphatic heterocycles. The van der Waals surface area contributed by atoms with Crippen LogP contribution in [0.1, 0.15) is 32.1 Å². The Labute approximate surface area is 250 Å². The van der Waals surface area contributed by atoms with Gasteiger partial charge in [-0.05, 0) is 19.3 Å². The summed E-state index contributed by atoms with van der Waals surface area (Å²) in [5, 5.41) is 9.24. The summed E-state index contributed by atoms with van der Waals surface area (Å²) >= 11 is 1.88. The Hall–Kier alpha value is -0.810. The number of unbranched alkanes of at least 4 members (excludes halogenated alkanes) is 1. The van der Waals surface area contributed by atoms with E-state index in [1.54, 1.807) is 0 Å². The number of urea groups is 1. The van der Waals surface area contributed by atoms with E-state index in [1.165, 1.54) is 0 Å². The van der Waals surface area contributed by atoms with Crippen LogP contribution in [0, 0.1) is 0 Å². The van der Waals surface area contributed by atoms with Gasteiger partial charge in [-0.1, -0.05) is 6.42 Å². The first-order valence-corrected chi connectivity index (χ1v) is 18.5. The van der Waals surface area contributed by atoms with Crippen LogP contribution in [0.5, 0.6) is 0 Å². The second-order valence-electron chi connectivity index (χ2n) is 9.80. The van der Waals surface area contributed by atoms with Crippen LogP contribution in [0.25, 0.3) is 0 Å². The summed E-state index contributed by atoms with van der Waals surface area (Å²) < 4.78 is 52.7. The van der Waals surface area contributed by atoms with Gasteiger partial charge in [0.25, 0.3) is 0 Å². The highest BCUT2D eigenvalue weighted by Crippen LogP contribution is 2.40. The lowest BCUT2D eigenvalue weighted by atomic mass is 10.0. The minimum Gasteiger partial charge on any atom is -0.379 e. The summed E-state index contributed by atoms with van der Waals surface area (Å²) in [6.45, 7) is 2.94. The molecule has 246 valence electrons.